The molecule has 8 nitrogen and oxygen atoms in total. The molecule has 9 heteroatoms. The van der Waals surface area contributed by atoms with Gasteiger partial charge in [0.2, 0.25) is 0 Å². The van der Waals surface area contributed by atoms with E-state index in [9.17, 15) is 18.5 Å². The van der Waals surface area contributed by atoms with Gasteiger partial charge in [0.25, 0.3) is 5.91 Å². The van der Waals surface area contributed by atoms with E-state index < -0.39 is 9.84 Å². The third-order valence-corrected chi connectivity index (χ3v) is 7.95. The fourth-order valence-corrected chi connectivity index (χ4v) is 5.49. The number of sulfone groups is 1. The van der Waals surface area contributed by atoms with Crippen LogP contribution in [-0.4, -0.2) is 38.7 Å². The van der Waals surface area contributed by atoms with Crippen LogP contribution in [0, 0.1) is 18.3 Å². The molecule has 0 unspecified atom stereocenters. The zero-order valence-electron chi connectivity index (χ0n) is 20.7. The molecule has 2 aliphatic heterocycles. The van der Waals surface area contributed by atoms with Gasteiger partial charge in [-0.2, -0.15) is 5.26 Å². The van der Waals surface area contributed by atoms with Crippen LogP contribution in [0.2, 0.25) is 0 Å². The van der Waals surface area contributed by atoms with Crippen molar-refractivity contribution in [2.24, 2.45) is 0 Å². The van der Waals surface area contributed by atoms with Gasteiger partial charge in [-0.1, -0.05) is 0 Å². The summed E-state index contributed by atoms with van der Waals surface area (Å²) in [6, 6.07) is 15.5. The Balaban J connectivity index is 1.62. The number of amides is 1. The lowest BCUT2D eigenvalue weighted by molar-refractivity contribution is -0.112. The molecule has 0 bridgehead atoms. The number of rotatable bonds is 4. The van der Waals surface area contributed by atoms with Gasteiger partial charge in [-0.05, 0) is 86.4 Å². The number of nitrogen functional groups attached to an aromatic ring is 1. The molecule has 2 aliphatic rings. The van der Waals surface area contributed by atoms with E-state index >= 15 is 0 Å². The Hall–Kier alpha value is -4.16. The van der Waals surface area contributed by atoms with Gasteiger partial charge < -0.3 is 10.6 Å². The molecule has 188 valence electrons. The number of nitriles is 1. The van der Waals surface area contributed by atoms with Gasteiger partial charge >= 0.3 is 0 Å². The number of hydrogen-bond acceptors (Lipinski definition) is 7. The Bertz CT molecular complexity index is 1580. The van der Waals surface area contributed by atoms with Crippen LogP contribution in [0.25, 0.3) is 11.6 Å². The number of aryl methyl sites for hydroxylation is 1. The highest BCUT2D eigenvalue weighted by molar-refractivity contribution is 7.90. The number of nitrogens with zero attached hydrogens (tertiary/aromatic N) is 4. The number of fused-ring (bicyclic) bond motifs is 1. The average Bonchev–Trinajstić information content (AvgIpc) is 3.14. The number of pyridine rings is 1. The van der Waals surface area contributed by atoms with Crippen LogP contribution in [0.5, 0.6) is 0 Å². The monoisotopic (exact) mass is 513 g/mol. The average molecular weight is 514 g/mol. The van der Waals surface area contributed by atoms with E-state index in [4.69, 9.17) is 10.7 Å². The van der Waals surface area contributed by atoms with E-state index in [0.717, 1.165) is 43.6 Å². The number of aromatic nitrogens is 1. The molecule has 2 N–H and O–H groups in total. The maximum absolute atomic E-state index is 13.8. The number of anilines is 4. The summed E-state index contributed by atoms with van der Waals surface area (Å²) in [6.45, 7) is 3.60. The number of benzene rings is 2. The molecule has 0 aliphatic carbocycles. The maximum Gasteiger partial charge on any atom is 0.263 e. The first-order chi connectivity index (χ1) is 17.7. The molecule has 1 fully saturated rings. The van der Waals surface area contributed by atoms with Gasteiger partial charge in [0.05, 0.1) is 39.2 Å². The number of nitrogens with two attached hydrogens (primary N) is 1. The van der Waals surface area contributed by atoms with Crippen LogP contribution in [-0.2, 0) is 14.6 Å². The van der Waals surface area contributed by atoms with Crippen LogP contribution in [0.3, 0.4) is 0 Å². The summed E-state index contributed by atoms with van der Waals surface area (Å²) in [6.07, 6.45) is 6.23. The Kier molecular flexibility index (Phi) is 6.21. The molecule has 3 aromatic rings. The first-order valence-corrected chi connectivity index (χ1v) is 14.0. The highest BCUT2D eigenvalue weighted by Crippen LogP contribution is 2.44. The minimum absolute atomic E-state index is 0.172. The molecular weight excluding hydrogens is 486 g/mol. The van der Waals surface area contributed by atoms with Crippen molar-refractivity contribution in [3.63, 3.8) is 0 Å². The first kappa shape index (κ1) is 24.5. The van der Waals surface area contributed by atoms with Crippen LogP contribution in [0.15, 0.2) is 53.4 Å². The summed E-state index contributed by atoms with van der Waals surface area (Å²) < 4.78 is 23.8. The zero-order valence-corrected chi connectivity index (χ0v) is 21.5. The fourth-order valence-electron chi connectivity index (χ4n) is 4.86. The van der Waals surface area contributed by atoms with Crippen molar-refractivity contribution in [2.75, 3.05) is 34.9 Å². The third kappa shape index (κ3) is 4.56. The molecule has 0 spiro atoms. The number of carbonyl (C=O) groups excluding carboxylic acids is 1. The molecule has 5 rings (SSSR count). The molecule has 0 saturated carbocycles. The Morgan fingerprint density at radius 2 is 1.76 bits per heavy atom. The van der Waals surface area contributed by atoms with Gasteiger partial charge in [-0.25, -0.2) is 13.4 Å². The normalized spacial score (nSPS) is 16.7. The summed E-state index contributed by atoms with van der Waals surface area (Å²) in [7, 11) is -3.37. The Morgan fingerprint density at radius 3 is 2.41 bits per heavy atom. The van der Waals surface area contributed by atoms with Gasteiger partial charge in [-0.3, -0.25) is 9.69 Å². The lowest BCUT2D eigenvalue weighted by Crippen LogP contribution is -2.31. The minimum atomic E-state index is -3.37. The predicted molar refractivity (Wildman–Crippen MR) is 145 cm³/mol. The summed E-state index contributed by atoms with van der Waals surface area (Å²) in [5.74, 6) is 0.435. The van der Waals surface area contributed by atoms with Crippen LogP contribution in [0.4, 0.5) is 22.9 Å². The molecule has 1 amide bonds. The second-order valence-corrected chi connectivity index (χ2v) is 11.5. The summed E-state index contributed by atoms with van der Waals surface area (Å²) in [5, 5.41) is 9.64. The predicted octanol–water partition coefficient (Wildman–Crippen LogP) is 4.46. The molecule has 37 heavy (non-hydrogen) atoms. The lowest BCUT2D eigenvalue weighted by Gasteiger charge is -2.28. The third-order valence-electron chi connectivity index (χ3n) is 6.83. The quantitative estimate of drug-likeness (QED) is 0.512. The molecular formula is C28H27N5O3S. The smallest absolute Gasteiger partial charge is 0.263 e. The number of hydrogen-bond donors (Lipinski definition) is 1. The van der Waals surface area contributed by atoms with Crippen molar-refractivity contribution in [3.8, 4) is 6.07 Å². The Morgan fingerprint density at radius 1 is 1.05 bits per heavy atom. The van der Waals surface area contributed by atoms with Gasteiger partial charge in [0.15, 0.2) is 15.7 Å². The van der Waals surface area contributed by atoms with E-state index in [0.29, 0.717) is 39.5 Å². The van der Waals surface area contributed by atoms with E-state index in [-0.39, 0.29) is 10.8 Å². The summed E-state index contributed by atoms with van der Waals surface area (Å²) >= 11 is 0. The largest absolute Gasteiger partial charge is 0.396 e. The highest BCUT2D eigenvalue weighted by Gasteiger charge is 2.34. The van der Waals surface area contributed by atoms with Gasteiger partial charge in [0, 0.05) is 30.6 Å². The molecule has 3 heterocycles. The van der Waals surface area contributed by atoms with Crippen molar-refractivity contribution >= 4 is 50.3 Å². The molecule has 0 radical (unpaired) electrons. The van der Waals surface area contributed by atoms with Crippen molar-refractivity contribution in [2.45, 2.75) is 31.1 Å². The number of piperidine rings is 1. The topological polar surface area (TPSA) is 120 Å². The second-order valence-electron chi connectivity index (χ2n) is 9.46. The summed E-state index contributed by atoms with van der Waals surface area (Å²) in [5.41, 5.74) is 10.8. The van der Waals surface area contributed by atoms with Crippen molar-refractivity contribution in [1.29, 1.82) is 5.26 Å². The molecule has 1 saturated heterocycles. The molecule has 0 atom stereocenters. The van der Waals surface area contributed by atoms with E-state index in [1.807, 2.05) is 13.0 Å². The highest BCUT2D eigenvalue weighted by atomic mass is 32.2. The summed E-state index contributed by atoms with van der Waals surface area (Å²) in [4.78, 5) is 22.5. The standard InChI is InChI=1S/C28H27N5O3S/c1-18-14-26-23(15-19(18)17-29)24(28(34)33(26)21-7-9-22(10-8-21)37(2,35)36)16-20-6-11-25(30)27(31-20)32-12-4-3-5-13-32/h6-11,14-16H,3-5,12-13,30H2,1-2H3. The van der Waals surface area contributed by atoms with E-state index in [2.05, 4.69) is 11.0 Å². The van der Waals surface area contributed by atoms with Gasteiger partial charge in [0.1, 0.15) is 0 Å². The minimum Gasteiger partial charge on any atom is -0.396 e. The lowest BCUT2D eigenvalue weighted by atomic mass is 10.00. The Labute approximate surface area is 216 Å². The number of carbonyl (C=O) groups is 1. The van der Waals surface area contributed by atoms with Crippen molar-refractivity contribution in [3.05, 3.63) is 70.9 Å². The molecule has 1 aromatic heterocycles. The van der Waals surface area contributed by atoms with E-state index in [1.54, 1.807) is 41.3 Å². The van der Waals surface area contributed by atoms with Crippen LogP contribution < -0.4 is 15.5 Å². The van der Waals surface area contributed by atoms with Crippen LogP contribution in [0.1, 0.15) is 41.6 Å². The van der Waals surface area contributed by atoms with Crippen molar-refractivity contribution in [1.82, 2.24) is 4.98 Å². The van der Waals surface area contributed by atoms with E-state index in [1.165, 1.54) is 18.6 Å². The fraction of sp³-hybridized carbons (Fsp3) is 0.250. The van der Waals surface area contributed by atoms with Gasteiger partial charge in [-0.15, -0.1) is 0 Å². The van der Waals surface area contributed by atoms with Crippen LogP contribution >= 0.6 is 0 Å². The first-order valence-electron chi connectivity index (χ1n) is 12.1. The second kappa shape index (κ2) is 9.37. The molecule has 2 aromatic carbocycles. The zero-order chi connectivity index (χ0) is 26.3. The SMILES string of the molecule is Cc1cc2c(cc1C#N)C(=Cc1ccc(N)c(N3CCCCC3)n1)C(=O)N2c1ccc(S(C)(=O)=O)cc1. The maximum atomic E-state index is 13.8. The van der Waals surface area contributed by atoms with Crippen molar-refractivity contribution < 1.29 is 13.2 Å².